The Balaban J connectivity index is 1.93. The standard InChI is InChI=1S/C15H18BrN3/c1-2-3-9-6-14(9)19-15-11-7-10(16)4-5-13(11)18-8-12(15)17/h4-5,7-9,14H,2-3,6,17H2,1H3,(H,18,19). The van der Waals surface area contributed by atoms with Crippen molar-refractivity contribution < 1.29 is 0 Å². The second-order valence-electron chi connectivity index (χ2n) is 5.29. The van der Waals surface area contributed by atoms with Crippen molar-refractivity contribution in [2.75, 3.05) is 11.1 Å². The average Bonchev–Trinajstić information content (AvgIpc) is 3.12. The molecule has 1 aromatic heterocycles. The number of rotatable bonds is 4. The average molecular weight is 320 g/mol. The molecule has 3 N–H and O–H groups in total. The minimum atomic E-state index is 0.576. The minimum absolute atomic E-state index is 0.576. The molecule has 0 saturated heterocycles. The number of nitrogens with two attached hydrogens (primary N) is 1. The van der Waals surface area contributed by atoms with Crippen LogP contribution in [0.15, 0.2) is 28.9 Å². The first-order valence-electron chi connectivity index (χ1n) is 6.79. The van der Waals surface area contributed by atoms with Gasteiger partial charge in [-0.05, 0) is 37.0 Å². The van der Waals surface area contributed by atoms with Crippen LogP contribution >= 0.6 is 15.9 Å². The summed E-state index contributed by atoms with van der Waals surface area (Å²) in [6, 6.07) is 6.68. The molecule has 1 aliphatic rings. The predicted molar refractivity (Wildman–Crippen MR) is 84.3 cm³/mol. The Labute approximate surface area is 121 Å². The van der Waals surface area contributed by atoms with Crippen LogP contribution in [-0.4, -0.2) is 11.0 Å². The Hall–Kier alpha value is -1.29. The van der Waals surface area contributed by atoms with Crippen molar-refractivity contribution in [3.8, 4) is 0 Å². The van der Waals surface area contributed by atoms with Gasteiger partial charge in [0.05, 0.1) is 23.1 Å². The summed E-state index contributed by atoms with van der Waals surface area (Å²) >= 11 is 3.51. The van der Waals surface area contributed by atoms with Gasteiger partial charge < -0.3 is 11.1 Å². The number of nitrogens with zero attached hydrogens (tertiary/aromatic N) is 1. The van der Waals surface area contributed by atoms with Gasteiger partial charge in [-0.3, -0.25) is 4.98 Å². The lowest BCUT2D eigenvalue weighted by Crippen LogP contribution is -2.08. The summed E-state index contributed by atoms with van der Waals surface area (Å²) in [4.78, 5) is 4.38. The molecule has 1 aliphatic carbocycles. The van der Waals surface area contributed by atoms with Crippen LogP contribution in [0.1, 0.15) is 26.2 Å². The lowest BCUT2D eigenvalue weighted by molar-refractivity contribution is 0.693. The van der Waals surface area contributed by atoms with Crippen molar-refractivity contribution in [1.29, 1.82) is 0 Å². The Bertz CT molecular complexity index is 606. The number of halogens is 1. The summed E-state index contributed by atoms with van der Waals surface area (Å²) in [6.45, 7) is 2.24. The van der Waals surface area contributed by atoms with E-state index in [1.54, 1.807) is 6.20 Å². The number of aromatic nitrogens is 1. The Morgan fingerprint density at radius 1 is 1.47 bits per heavy atom. The first-order chi connectivity index (χ1) is 9.19. The van der Waals surface area contributed by atoms with Crippen LogP contribution in [0.2, 0.25) is 0 Å². The van der Waals surface area contributed by atoms with Gasteiger partial charge in [-0.2, -0.15) is 0 Å². The maximum Gasteiger partial charge on any atom is 0.0743 e. The number of benzene rings is 1. The van der Waals surface area contributed by atoms with E-state index >= 15 is 0 Å². The van der Waals surface area contributed by atoms with Crippen molar-refractivity contribution in [2.24, 2.45) is 5.92 Å². The van der Waals surface area contributed by atoms with Crippen molar-refractivity contribution >= 4 is 38.2 Å². The fourth-order valence-corrected chi connectivity index (χ4v) is 3.00. The Morgan fingerprint density at radius 3 is 3.11 bits per heavy atom. The number of fused-ring (bicyclic) bond motifs is 1. The molecule has 3 rings (SSSR count). The van der Waals surface area contributed by atoms with Crippen molar-refractivity contribution in [3.63, 3.8) is 0 Å². The van der Waals surface area contributed by atoms with Gasteiger partial charge in [-0.15, -0.1) is 0 Å². The van der Waals surface area contributed by atoms with E-state index in [9.17, 15) is 0 Å². The molecule has 1 fully saturated rings. The van der Waals surface area contributed by atoms with E-state index < -0.39 is 0 Å². The van der Waals surface area contributed by atoms with Gasteiger partial charge in [0, 0.05) is 15.9 Å². The Morgan fingerprint density at radius 2 is 2.32 bits per heavy atom. The van der Waals surface area contributed by atoms with Crippen LogP contribution in [0, 0.1) is 5.92 Å². The van der Waals surface area contributed by atoms with Gasteiger partial charge in [-0.1, -0.05) is 29.3 Å². The van der Waals surface area contributed by atoms with E-state index in [-0.39, 0.29) is 0 Å². The summed E-state index contributed by atoms with van der Waals surface area (Å²) < 4.78 is 1.05. The third kappa shape index (κ3) is 2.54. The van der Waals surface area contributed by atoms with E-state index in [0.717, 1.165) is 32.7 Å². The maximum absolute atomic E-state index is 6.09. The van der Waals surface area contributed by atoms with Crippen LogP contribution in [0.25, 0.3) is 10.9 Å². The van der Waals surface area contributed by atoms with Crippen LogP contribution in [-0.2, 0) is 0 Å². The van der Waals surface area contributed by atoms with Gasteiger partial charge in [0.15, 0.2) is 0 Å². The summed E-state index contributed by atoms with van der Waals surface area (Å²) in [5, 5.41) is 4.70. The summed E-state index contributed by atoms with van der Waals surface area (Å²) in [5.74, 6) is 0.805. The van der Waals surface area contributed by atoms with Crippen LogP contribution in [0.5, 0.6) is 0 Å². The molecule has 0 aliphatic heterocycles. The molecule has 100 valence electrons. The zero-order chi connectivity index (χ0) is 13.4. The molecule has 1 saturated carbocycles. The molecule has 0 radical (unpaired) electrons. The third-order valence-electron chi connectivity index (χ3n) is 3.77. The molecule has 19 heavy (non-hydrogen) atoms. The molecule has 3 nitrogen and oxygen atoms in total. The van der Waals surface area contributed by atoms with Gasteiger partial charge >= 0.3 is 0 Å². The maximum atomic E-state index is 6.09. The van der Waals surface area contributed by atoms with Crippen molar-refractivity contribution in [1.82, 2.24) is 4.98 Å². The number of nitrogen functional groups attached to an aromatic ring is 1. The number of nitrogens with one attached hydrogen (secondary N) is 1. The second kappa shape index (κ2) is 5.00. The lowest BCUT2D eigenvalue weighted by Gasteiger charge is -2.12. The van der Waals surface area contributed by atoms with Gasteiger partial charge in [0.25, 0.3) is 0 Å². The summed E-state index contributed by atoms with van der Waals surface area (Å²) in [5.41, 5.74) is 8.84. The highest BCUT2D eigenvalue weighted by molar-refractivity contribution is 9.10. The molecule has 1 aromatic carbocycles. The third-order valence-corrected chi connectivity index (χ3v) is 4.26. The number of pyridine rings is 1. The van der Waals surface area contributed by atoms with Crippen molar-refractivity contribution in [3.05, 3.63) is 28.9 Å². The molecule has 4 heteroatoms. The van der Waals surface area contributed by atoms with Gasteiger partial charge in [0.2, 0.25) is 0 Å². The van der Waals surface area contributed by atoms with Crippen LogP contribution < -0.4 is 11.1 Å². The monoisotopic (exact) mass is 319 g/mol. The molecule has 2 atom stereocenters. The molecule has 2 aromatic rings. The van der Waals surface area contributed by atoms with E-state index in [0.29, 0.717) is 6.04 Å². The lowest BCUT2D eigenvalue weighted by atomic mass is 10.1. The molecular formula is C15H18BrN3. The molecule has 2 unspecified atom stereocenters. The van der Waals surface area contributed by atoms with Crippen molar-refractivity contribution in [2.45, 2.75) is 32.2 Å². The Kier molecular flexibility index (Phi) is 3.35. The SMILES string of the molecule is CCCC1CC1Nc1c(N)cnc2ccc(Br)cc12. The quantitative estimate of drug-likeness (QED) is 0.888. The van der Waals surface area contributed by atoms with Crippen LogP contribution in [0.4, 0.5) is 11.4 Å². The van der Waals surface area contributed by atoms with E-state index in [4.69, 9.17) is 5.73 Å². The highest BCUT2D eigenvalue weighted by Crippen LogP contribution is 2.40. The van der Waals surface area contributed by atoms with E-state index in [1.165, 1.54) is 19.3 Å². The molecule has 0 spiro atoms. The van der Waals surface area contributed by atoms with E-state index in [2.05, 4.69) is 39.2 Å². The highest BCUT2D eigenvalue weighted by Gasteiger charge is 2.36. The van der Waals surface area contributed by atoms with E-state index in [1.807, 2.05) is 12.1 Å². The first-order valence-corrected chi connectivity index (χ1v) is 7.58. The second-order valence-corrected chi connectivity index (χ2v) is 6.20. The number of anilines is 2. The predicted octanol–water partition coefficient (Wildman–Crippen LogP) is 4.18. The normalized spacial score (nSPS) is 21.6. The fraction of sp³-hybridized carbons (Fsp3) is 0.400. The number of hydrogen-bond donors (Lipinski definition) is 2. The summed E-state index contributed by atoms with van der Waals surface area (Å²) in [7, 11) is 0. The molecule has 1 heterocycles. The van der Waals surface area contributed by atoms with Gasteiger partial charge in [0.1, 0.15) is 0 Å². The highest BCUT2D eigenvalue weighted by atomic mass is 79.9. The van der Waals surface area contributed by atoms with Gasteiger partial charge in [-0.25, -0.2) is 0 Å². The fourth-order valence-electron chi connectivity index (χ4n) is 2.64. The number of hydrogen-bond acceptors (Lipinski definition) is 3. The largest absolute Gasteiger partial charge is 0.396 e. The zero-order valence-electron chi connectivity index (χ0n) is 11.0. The molecule has 0 bridgehead atoms. The smallest absolute Gasteiger partial charge is 0.0743 e. The zero-order valence-corrected chi connectivity index (χ0v) is 12.6. The summed E-state index contributed by atoms with van der Waals surface area (Å²) in [6.07, 6.45) is 5.55. The topological polar surface area (TPSA) is 50.9 Å². The minimum Gasteiger partial charge on any atom is -0.396 e. The molecule has 0 amide bonds. The molecular weight excluding hydrogens is 302 g/mol. The first kappa shape index (κ1) is 12.7. The van der Waals surface area contributed by atoms with Crippen LogP contribution in [0.3, 0.4) is 0 Å².